The fourth-order valence-corrected chi connectivity index (χ4v) is 0.503. The van der Waals surface area contributed by atoms with Crippen molar-refractivity contribution in [3.63, 3.8) is 0 Å². The Labute approximate surface area is 46.2 Å². The zero-order valence-corrected chi connectivity index (χ0v) is 4.85. The number of alkyl halides is 1. The van der Waals surface area contributed by atoms with E-state index in [4.69, 9.17) is 4.55 Å². The summed E-state index contributed by atoms with van der Waals surface area (Å²) in [5, 5.41) is 0. The molecule has 0 radical (unpaired) electrons. The van der Waals surface area contributed by atoms with Crippen LogP contribution in [0.4, 0.5) is 4.39 Å². The molecule has 0 saturated heterocycles. The summed E-state index contributed by atoms with van der Waals surface area (Å²) in [5.74, 6) is 0. The molecule has 4 nitrogen and oxygen atoms in total. The molecule has 0 spiro atoms. The summed E-state index contributed by atoms with van der Waals surface area (Å²) in [6.07, 6.45) is -2.00. The first-order valence-electron chi connectivity index (χ1n) is 1.71. The molecule has 50 valence electrons. The number of hydrogen-bond acceptors (Lipinski definition) is 3. The van der Waals surface area contributed by atoms with Gasteiger partial charge in [-0.2, -0.15) is 8.42 Å². The Kier molecular flexibility index (Phi) is 2.32. The molecule has 0 rings (SSSR count). The average Bonchev–Trinajstić information content (AvgIpc) is 1.21. The molecular weight excluding hydrogens is 139 g/mol. The fraction of sp³-hybridized carbons (Fsp3) is 1.00. The van der Waals surface area contributed by atoms with E-state index < -0.39 is 16.8 Å². The Morgan fingerprint density at radius 3 is 2.12 bits per heavy atom. The zero-order valence-electron chi connectivity index (χ0n) is 4.04. The van der Waals surface area contributed by atoms with Crippen LogP contribution in [0.5, 0.6) is 0 Å². The van der Waals surface area contributed by atoms with E-state index in [-0.39, 0.29) is 0 Å². The van der Waals surface area contributed by atoms with E-state index in [0.717, 1.165) is 6.92 Å². The molecule has 0 aliphatic carbocycles. The molecule has 0 aromatic rings. The minimum atomic E-state index is -4.60. The number of hydrogen-bond donors (Lipinski definition) is 1. The summed E-state index contributed by atoms with van der Waals surface area (Å²) in [6, 6.07) is 0. The highest BCUT2D eigenvalue weighted by atomic mass is 32.3. The third-order valence-electron chi connectivity index (χ3n) is 0.254. The standard InChI is InChI=1S/C2H5FO4S/c1-2(3)7-8(4,5)6/h2H,1H3,(H,4,5,6). The number of rotatable bonds is 2. The predicted molar refractivity (Wildman–Crippen MR) is 23.2 cm³/mol. The summed E-state index contributed by atoms with van der Waals surface area (Å²) in [7, 11) is -4.60. The van der Waals surface area contributed by atoms with E-state index in [2.05, 4.69) is 4.18 Å². The van der Waals surface area contributed by atoms with Crippen LogP contribution < -0.4 is 0 Å². The van der Waals surface area contributed by atoms with Gasteiger partial charge in [-0.15, -0.1) is 0 Å². The van der Waals surface area contributed by atoms with Crippen LogP contribution in [0.15, 0.2) is 0 Å². The van der Waals surface area contributed by atoms with Crippen LogP contribution in [0.25, 0.3) is 0 Å². The van der Waals surface area contributed by atoms with Crippen molar-refractivity contribution in [1.29, 1.82) is 0 Å². The molecule has 6 heteroatoms. The SMILES string of the molecule is CC(F)OS(=O)(=O)O. The average molecular weight is 144 g/mol. The monoisotopic (exact) mass is 144 g/mol. The summed E-state index contributed by atoms with van der Waals surface area (Å²) >= 11 is 0. The van der Waals surface area contributed by atoms with Crippen molar-refractivity contribution < 1.29 is 21.5 Å². The minimum Gasteiger partial charge on any atom is -0.263 e. The first kappa shape index (κ1) is 7.80. The van der Waals surface area contributed by atoms with Crippen LogP contribution in [0, 0.1) is 0 Å². The van der Waals surface area contributed by atoms with Gasteiger partial charge in [0.15, 0.2) is 0 Å². The fourth-order valence-electron chi connectivity index (χ4n) is 0.168. The van der Waals surface area contributed by atoms with Crippen molar-refractivity contribution in [3.8, 4) is 0 Å². The quantitative estimate of drug-likeness (QED) is 0.559. The third-order valence-corrected chi connectivity index (χ3v) is 0.763. The summed E-state index contributed by atoms with van der Waals surface area (Å²) in [4.78, 5) is 0. The second-order valence-corrected chi connectivity index (χ2v) is 2.11. The van der Waals surface area contributed by atoms with E-state index in [0.29, 0.717) is 0 Å². The van der Waals surface area contributed by atoms with Gasteiger partial charge in [-0.1, -0.05) is 0 Å². The lowest BCUT2D eigenvalue weighted by Gasteiger charge is -1.96. The van der Waals surface area contributed by atoms with Gasteiger partial charge >= 0.3 is 10.4 Å². The molecule has 1 atom stereocenters. The number of halogens is 1. The van der Waals surface area contributed by atoms with E-state index in [1.807, 2.05) is 0 Å². The van der Waals surface area contributed by atoms with Gasteiger partial charge in [0, 0.05) is 0 Å². The van der Waals surface area contributed by atoms with Crippen molar-refractivity contribution in [3.05, 3.63) is 0 Å². The van der Waals surface area contributed by atoms with Crippen LogP contribution >= 0.6 is 0 Å². The first-order chi connectivity index (χ1) is 3.42. The molecule has 0 aromatic carbocycles. The second kappa shape index (κ2) is 2.38. The normalized spacial score (nSPS) is 15.9. The van der Waals surface area contributed by atoms with Gasteiger partial charge in [0.05, 0.1) is 0 Å². The van der Waals surface area contributed by atoms with Crippen molar-refractivity contribution in [2.24, 2.45) is 0 Å². The zero-order chi connectivity index (χ0) is 6.78. The lowest BCUT2D eigenvalue weighted by molar-refractivity contribution is 0.0791. The summed E-state index contributed by atoms with van der Waals surface area (Å²) in [6.45, 7) is 0.841. The van der Waals surface area contributed by atoms with Crippen molar-refractivity contribution >= 4 is 10.4 Å². The Bertz CT molecular complexity index is 147. The Morgan fingerprint density at radius 2 is 2.12 bits per heavy atom. The highest BCUT2D eigenvalue weighted by Gasteiger charge is 2.08. The lowest BCUT2D eigenvalue weighted by Crippen LogP contribution is -2.08. The smallest absolute Gasteiger partial charge is 0.263 e. The van der Waals surface area contributed by atoms with Gasteiger partial charge < -0.3 is 0 Å². The molecule has 1 unspecified atom stereocenters. The van der Waals surface area contributed by atoms with Gasteiger partial charge in [0.2, 0.25) is 6.36 Å². The Hall–Kier alpha value is -0.200. The highest BCUT2D eigenvalue weighted by Crippen LogP contribution is 1.95. The molecule has 0 heterocycles. The molecule has 0 saturated carbocycles. The maximum Gasteiger partial charge on any atom is 0.400 e. The maximum atomic E-state index is 11.4. The van der Waals surface area contributed by atoms with Gasteiger partial charge in [0.25, 0.3) is 0 Å². The molecule has 0 aliphatic heterocycles. The van der Waals surface area contributed by atoms with E-state index in [1.54, 1.807) is 0 Å². The molecule has 0 fully saturated rings. The van der Waals surface area contributed by atoms with Gasteiger partial charge in [-0.05, 0) is 6.92 Å². The molecule has 0 aromatic heterocycles. The topological polar surface area (TPSA) is 63.6 Å². The van der Waals surface area contributed by atoms with E-state index in [1.165, 1.54) is 0 Å². The second-order valence-electron chi connectivity index (χ2n) is 1.07. The lowest BCUT2D eigenvalue weighted by atomic mass is 10.8. The van der Waals surface area contributed by atoms with E-state index in [9.17, 15) is 12.8 Å². The highest BCUT2D eigenvalue weighted by molar-refractivity contribution is 7.80. The third kappa shape index (κ3) is 5.80. The van der Waals surface area contributed by atoms with Gasteiger partial charge in [-0.25, -0.2) is 8.57 Å². The van der Waals surface area contributed by atoms with Crippen molar-refractivity contribution in [2.75, 3.05) is 0 Å². The van der Waals surface area contributed by atoms with Crippen LogP contribution in [0.1, 0.15) is 6.92 Å². The van der Waals surface area contributed by atoms with E-state index >= 15 is 0 Å². The molecule has 0 bridgehead atoms. The summed E-state index contributed by atoms with van der Waals surface area (Å²) < 4.78 is 41.5. The summed E-state index contributed by atoms with van der Waals surface area (Å²) in [5.41, 5.74) is 0. The van der Waals surface area contributed by atoms with Crippen LogP contribution in [-0.4, -0.2) is 19.3 Å². The van der Waals surface area contributed by atoms with Crippen LogP contribution in [-0.2, 0) is 14.6 Å². The Morgan fingerprint density at radius 1 is 1.75 bits per heavy atom. The van der Waals surface area contributed by atoms with Gasteiger partial charge in [-0.3, -0.25) is 4.55 Å². The van der Waals surface area contributed by atoms with Crippen LogP contribution in [0.2, 0.25) is 0 Å². The first-order valence-corrected chi connectivity index (χ1v) is 3.08. The molecule has 0 aliphatic rings. The van der Waals surface area contributed by atoms with Crippen LogP contribution in [0.3, 0.4) is 0 Å². The molecule has 8 heavy (non-hydrogen) atoms. The minimum absolute atomic E-state index is 0.841. The molecule has 1 N–H and O–H groups in total. The largest absolute Gasteiger partial charge is 0.400 e. The Balaban J connectivity index is 3.75. The maximum absolute atomic E-state index is 11.4. The molecular formula is C2H5FO4S. The molecule has 0 amide bonds. The van der Waals surface area contributed by atoms with Gasteiger partial charge in [0.1, 0.15) is 0 Å². The van der Waals surface area contributed by atoms with Crippen molar-refractivity contribution in [1.82, 2.24) is 0 Å². The predicted octanol–water partition coefficient (Wildman–Crippen LogP) is 0.121. The van der Waals surface area contributed by atoms with Crippen molar-refractivity contribution in [2.45, 2.75) is 13.3 Å².